The highest BCUT2D eigenvalue weighted by Gasteiger charge is 2.30. The van der Waals surface area contributed by atoms with E-state index in [4.69, 9.17) is 0 Å². The van der Waals surface area contributed by atoms with Crippen molar-refractivity contribution in [2.24, 2.45) is 35.5 Å². The van der Waals surface area contributed by atoms with E-state index in [2.05, 4.69) is 127 Å². The van der Waals surface area contributed by atoms with E-state index in [0.717, 1.165) is 52.9 Å². The molecule has 62 heavy (non-hydrogen) atoms. The molecule has 1 aliphatic carbocycles. The van der Waals surface area contributed by atoms with Crippen LogP contribution in [0.3, 0.4) is 0 Å². The Morgan fingerprint density at radius 1 is 0.597 bits per heavy atom. The number of aromatic nitrogens is 2. The summed E-state index contributed by atoms with van der Waals surface area (Å²) in [5.41, 5.74) is 11.8. The van der Waals surface area contributed by atoms with Crippen molar-refractivity contribution in [2.45, 2.75) is 176 Å². The lowest BCUT2D eigenvalue weighted by Crippen LogP contribution is -2.35. The minimum Gasteiger partial charge on any atom is -0.300 e. The second kappa shape index (κ2) is 27.1. The molecular formula is C55H83N3S4. The summed E-state index contributed by atoms with van der Waals surface area (Å²) < 4.78 is 0. The second-order valence-electron chi connectivity index (χ2n) is 20.3. The van der Waals surface area contributed by atoms with Crippen LogP contribution in [0.2, 0.25) is 0 Å². The molecule has 2 aromatic heterocycles. The molecule has 0 radical (unpaired) electrons. The fraction of sp³-hybridized carbons (Fsp3) is 0.673. The van der Waals surface area contributed by atoms with Gasteiger partial charge in [-0.3, -0.25) is 0 Å². The Labute approximate surface area is 395 Å². The Morgan fingerprint density at radius 3 is 1.66 bits per heavy atom. The van der Waals surface area contributed by atoms with E-state index in [1.54, 1.807) is 22.7 Å². The predicted octanol–water partition coefficient (Wildman–Crippen LogP) is 17.2. The largest absolute Gasteiger partial charge is 0.300 e. The van der Waals surface area contributed by atoms with Gasteiger partial charge in [-0.1, -0.05) is 156 Å². The molecule has 0 bridgehead atoms. The molecule has 5 atom stereocenters. The first kappa shape index (κ1) is 49.8. The molecule has 4 aromatic rings. The van der Waals surface area contributed by atoms with Crippen molar-refractivity contribution in [3.05, 3.63) is 82.1 Å². The van der Waals surface area contributed by atoms with Crippen LogP contribution in [0, 0.1) is 49.4 Å². The number of rotatable bonds is 29. The minimum atomic E-state index is 0.776. The number of thiazole rings is 2. The lowest BCUT2D eigenvalue weighted by atomic mass is 9.82. The first-order valence-corrected chi connectivity index (χ1v) is 29.4. The van der Waals surface area contributed by atoms with Gasteiger partial charge in [0.25, 0.3) is 0 Å². The normalized spacial score (nSPS) is 19.3. The van der Waals surface area contributed by atoms with E-state index in [1.165, 1.54) is 185 Å². The topological polar surface area (TPSA) is 29.0 Å². The minimum absolute atomic E-state index is 0.776. The van der Waals surface area contributed by atoms with Crippen molar-refractivity contribution < 1.29 is 0 Å². The van der Waals surface area contributed by atoms with E-state index in [1.807, 2.05) is 11.0 Å². The van der Waals surface area contributed by atoms with Crippen LogP contribution in [0.5, 0.6) is 0 Å². The first-order valence-electron chi connectivity index (χ1n) is 25.2. The monoisotopic (exact) mass is 914 g/mol. The van der Waals surface area contributed by atoms with Crippen LogP contribution >= 0.6 is 44.3 Å². The number of unbranched alkanes of at least 4 members (excludes halogenated alkanes) is 2. The van der Waals surface area contributed by atoms with E-state index in [0.29, 0.717) is 0 Å². The molecule has 2 aliphatic rings. The molecule has 0 amide bonds. The van der Waals surface area contributed by atoms with Crippen molar-refractivity contribution in [1.29, 1.82) is 0 Å². The van der Waals surface area contributed by atoms with E-state index in [9.17, 15) is 0 Å². The molecule has 1 saturated heterocycles. The average molecular weight is 915 g/mol. The van der Waals surface area contributed by atoms with E-state index in [-0.39, 0.29) is 0 Å². The van der Waals surface area contributed by atoms with Crippen LogP contribution in [0.1, 0.15) is 166 Å². The third-order valence-electron chi connectivity index (χ3n) is 14.4. The van der Waals surface area contributed by atoms with Gasteiger partial charge in [-0.2, -0.15) is 0 Å². The molecule has 1 saturated carbocycles. The zero-order valence-electron chi connectivity index (χ0n) is 39.8. The summed E-state index contributed by atoms with van der Waals surface area (Å²) in [7, 11) is 4.52. The zero-order valence-corrected chi connectivity index (χ0v) is 43.0. The molecular weight excluding hydrogens is 831 g/mol. The summed E-state index contributed by atoms with van der Waals surface area (Å²) in [6, 6.07) is 19.5. The maximum absolute atomic E-state index is 4.46. The fourth-order valence-corrected chi connectivity index (χ4v) is 15.2. The van der Waals surface area contributed by atoms with Gasteiger partial charge in [0, 0.05) is 24.1 Å². The van der Waals surface area contributed by atoms with Crippen molar-refractivity contribution in [3.63, 3.8) is 0 Å². The number of hydrogen-bond acceptors (Lipinski definition) is 7. The van der Waals surface area contributed by atoms with Gasteiger partial charge in [0.2, 0.25) is 0 Å². The van der Waals surface area contributed by atoms with Crippen LogP contribution in [-0.4, -0.2) is 45.5 Å². The summed E-state index contributed by atoms with van der Waals surface area (Å²) in [5, 5.41) is 0. The fourth-order valence-electron chi connectivity index (χ4n) is 10.7. The number of nitrogens with zero attached hydrogens (tertiary/aromatic N) is 3. The van der Waals surface area contributed by atoms with Crippen LogP contribution < -0.4 is 0 Å². The highest BCUT2D eigenvalue weighted by Crippen LogP contribution is 2.42. The predicted molar refractivity (Wildman–Crippen MR) is 279 cm³/mol. The third-order valence-corrected chi connectivity index (χ3v) is 19.0. The van der Waals surface area contributed by atoms with Gasteiger partial charge in [-0.25, -0.2) is 9.97 Å². The highest BCUT2D eigenvalue weighted by atomic mass is 33.1. The molecule has 3 nitrogen and oxygen atoms in total. The van der Waals surface area contributed by atoms with Gasteiger partial charge < -0.3 is 4.90 Å². The summed E-state index contributed by atoms with van der Waals surface area (Å²) in [5.74, 6) is 7.93. The number of likely N-dealkylation sites (tertiary alicyclic amines) is 1. The smallest absolute Gasteiger partial charge is 0.0801 e. The third kappa shape index (κ3) is 16.7. The van der Waals surface area contributed by atoms with Gasteiger partial charge in [0.05, 0.1) is 32.2 Å². The van der Waals surface area contributed by atoms with Crippen molar-refractivity contribution in [2.75, 3.05) is 24.6 Å². The number of aryl methyl sites for hydroxylation is 4. The van der Waals surface area contributed by atoms with E-state index >= 15 is 0 Å². The van der Waals surface area contributed by atoms with Crippen molar-refractivity contribution >= 4 is 44.3 Å². The first-order chi connectivity index (χ1) is 30.2. The summed E-state index contributed by atoms with van der Waals surface area (Å²) in [6.07, 6.45) is 27.7. The molecule has 7 heteroatoms. The molecule has 2 aromatic carbocycles. The quantitative estimate of drug-likeness (QED) is 0.0400. The lowest BCUT2D eigenvalue weighted by Gasteiger charge is -2.29. The number of hydrogen-bond donors (Lipinski definition) is 0. The van der Waals surface area contributed by atoms with Crippen LogP contribution in [0.25, 0.3) is 20.9 Å². The summed E-state index contributed by atoms with van der Waals surface area (Å²) in [4.78, 5) is 14.5. The molecule has 342 valence electrons. The Hall–Kier alpha value is -1.64. The van der Waals surface area contributed by atoms with Gasteiger partial charge in [0.1, 0.15) is 0 Å². The molecule has 0 spiro atoms. The second-order valence-corrected chi connectivity index (χ2v) is 24.6. The molecule has 0 N–H and O–H groups in total. The van der Waals surface area contributed by atoms with Crippen LogP contribution in [0.15, 0.2) is 59.6 Å². The molecule has 2 fully saturated rings. The number of benzene rings is 2. The Kier molecular flexibility index (Phi) is 21.8. The Balaban J connectivity index is 0.960. The SMILES string of the molecule is Cc1ncsc1-c1ccc(CCC[C@@H]2CCCC2CC(CCCCC(C)C)CSSCC(CCCCC(C)C)CN2CCC[C@@H]2CCCc2ccc(-c3scnc3C)cc2)cc1. The van der Waals surface area contributed by atoms with Crippen molar-refractivity contribution in [1.82, 2.24) is 14.9 Å². The molecule has 3 heterocycles. The summed E-state index contributed by atoms with van der Waals surface area (Å²) >= 11 is 3.51. The highest BCUT2D eigenvalue weighted by molar-refractivity contribution is 8.76. The van der Waals surface area contributed by atoms with Gasteiger partial charge >= 0.3 is 0 Å². The maximum atomic E-state index is 4.46. The zero-order chi connectivity index (χ0) is 43.5. The Morgan fingerprint density at radius 2 is 1.11 bits per heavy atom. The Bertz CT molecular complexity index is 1660. The maximum Gasteiger partial charge on any atom is 0.0801 e. The molecule has 3 unspecified atom stereocenters. The lowest BCUT2D eigenvalue weighted by molar-refractivity contribution is 0.205. The summed E-state index contributed by atoms with van der Waals surface area (Å²) in [6.45, 7) is 16.5. The molecule has 1 aliphatic heterocycles. The van der Waals surface area contributed by atoms with Gasteiger partial charge in [0.15, 0.2) is 0 Å². The van der Waals surface area contributed by atoms with Crippen LogP contribution in [0.4, 0.5) is 0 Å². The average Bonchev–Trinajstić information content (AvgIpc) is 4.09. The standard InChI is InChI=1S/C55H83N3S4/c1-41(2)15-7-9-17-47(35-52-23-13-22-49(52)21-11-19-45-26-30-50(31-27-45)54-43(5)56-39-59-54)37-61-62-38-48(18-10-8-16-42(3)4)36-58-34-14-25-53(58)24-12-20-46-28-32-51(33-29-46)55-44(6)57-40-60-55/h26-33,39-42,47-49,52-53H,7-25,34-38H2,1-6H3/t47?,48?,49-,52?,53+/m1/s1. The van der Waals surface area contributed by atoms with E-state index < -0.39 is 0 Å². The van der Waals surface area contributed by atoms with Crippen LogP contribution in [-0.2, 0) is 12.8 Å². The van der Waals surface area contributed by atoms with Crippen molar-refractivity contribution in [3.8, 4) is 20.9 Å². The van der Waals surface area contributed by atoms with Gasteiger partial charge in [-0.15, -0.1) is 22.7 Å². The molecule has 6 rings (SSSR count). The van der Waals surface area contributed by atoms with Gasteiger partial charge in [-0.05, 0) is 149 Å².